The molecular formula is C27H24As2Cu3O11. The Morgan fingerprint density at radius 2 is 0.651 bits per heavy atom. The fourth-order valence-electron chi connectivity index (χ4n) is 3.25. The molecule has 3 heterocycles. The molecule has 0 unspecified atom stereocenters. The maximum absolute atomic E-state index is 8.61. The van der Waals surface area contributed by atoms with Crippen molar-refractivity contribution in [3.63, 3.8) is 0 Å². The van der Waals surface area contributed by atoms with Gasteiger partial charge in [-0.1, -0.05) is 54.6 Å². The molecule has 0 saturated heterocycles. The third kappa shape index (κ3) is 21.6. The first-order valence-corrected chi connectivity index (χ1v) is 17.7. The summed E-state index contributed by atoms with van der Waals surface area (Å²) in [6.07, 6.45) is 14.3. The zero-order valence-corrected chi connectivity index (χ0v) is 28.4. The summed E-state index contributed by atoms with van der Waals surface area (Å²) < 4.78 is 84.6. The van der Waals surface area contributed by atoms with Crippen LogP contribution >= 0.6 is 0 Å². The molecule has 43 heavy (non-hydrogen) atoms. The van der Waals surface area contributed by atoms with Gasteiger partial charge in [0, 0.05) is 0 Å². The minimum absolute atomic E-state index is 0. The van der Waals surface area contributed by atoms with Gasteiger partial charge in [0.2, 0.25) is 0 Å². The molecular weight excluding hydrogens is 841 g/mol. The molecule has 0 aliphatic carbocycles. The van der Waals surface area contributed by atoms with Gasteiger partial charge in [0.15, 0.2) is 0 Å². The van der Waals surface area contributed by atoms with Crippen LogP contribution in [0, 0.1) is 0 Å². The second-order valence-corrected chi connectivity index (χ2v) is 11.6. The van der Waals surface area contributed by atoms with Crippen molar-refractivity contribution < 1.29 is 97.5 Å². The fourth-order valence-corrected chi connectivity index (χ4v) is 3.25. The Balaban J connectivity index is 0. The predicted octanol–water partition coefficient (Wildman–Crippen LogP) is -1.74. The Hall–Kier alpha value is -1.68. The van der Waals surface area contributed by atoms with Gasteiger partial charge in [-0.05, 0) is 72.4 Å². The van der Waals surface area contributed by atoms with E-state index in [0.717, 1.165) is 36.5 Å². The summed E-state index contributed by atoms with van der Waals surface area (Å²) in [7, 11) is 0. The number of para-hydroxylation sites is 3. The van der Waals surface area contributed by atoms with Crippen LogP contribution in [0.15, 0.2) is 110 Å². The van der Waals surface area contributed by atoms with Crippen LogP contribution in [-0.2, 0) is 77.9 Å². The van der Waals surface area contributed by atoms with Crippen molar-refractivity contribution >= 4 is 29.0 Å². The third-order valence-electron chi connectivity index (χ3n) is 4.80. The van der Waals surface area contributed by atoms with Gasteiger partial charge in [-0.3, -0.25) is 0 Å². The quantitative estimate of drug-likeness (QED) is 0.233. The van der Waals surface area contributed by atoms with Crippen LogP contribution in [0.2, 0.25) is 0 Å². The van der Waals surface area contributed by atoms with Gasteiger partial charge in [-0.2, -0.15) is 0 Å². The first-order chi connectivity index (χ1) is 18.9. The van der Waals surface area contributed by atoms with Crippen molar-refractivity contribution in [2.75, 3.05) is 0 Å². The second-order valence-electron chi connectivity index (χ2n) is 7.80. The van der Waals surface area contributed by atoms with E-state index in [-0.39, 0.29) is 51.2 Å². The molecule has 0 saturated carbocycles. The van der Waals surface area contributed by atoms with E-state index in [0.29, 0.717) is 0 Å². The van der Waals surface area contributed by atoms with Crippen LogP contribution in [0.5, 0.6) is 17.2 Å². The molecule has 0 N–H and O–H groups in total. The van der Waals surface area contributed by atoms with Crippen LogP contribution in [-0.4, -0.2) is 29.0 Å². The van der Waals surface area contributed by atoms with Gasteiger partial charge >= 0.3 is 112 Å². The van der Waals surface area contributed by atoms with Gasteiger partial charge in [0.25, 0.3) is 0 Å². The summed E-state index contributed by atoms with van der Waals surface area (Å²) >= 11 is -11.8. The predicted molar refractivity (Wildman–Crippen MR) is 133 cm³/mol. The SMILES string of the molecule is C1=COc2ccccc2C1.C1=COc2ccccc2C1.C1=COc2ccccc2C1.O=[As]([O-])([O-])[O-].O=[As]([O-])([O-])[O-].[Cu+2].[Cu+2].[Cu+2]. The molecule has 0 atom stereocenters. The van der Waals surface area contributed by atoms with Crippen LogP contribution in [0.4, 0.5) is 0 Å². The molecule has 6 rings (SSSR count). The molecule has 0 fully saturated rings. The van der Waals surface area contributed by atoms with E-state index >= 15 is 0 Å². The third-order valence-corrected chi connectivity index (χ3v) is 4.80. The van der Waals surface area contributed by atoms with E-state index in [2.05, 4.69) is 18.2 Å². The molecule has 3 aliphatic rings. The summed E-state index contributed by atoms with van der Waals surface area (Å²) in [6, 6.07) is 24.2. The first kappa shape index (κ1) is 43.4. The maximum atomic E-state index is 8.61. The number of hydrogen-bond acceptors (Lipinski definition) is 11. The summed E-state index contributed by atoms with van der Waals surface area (Å²) in [4.78, 5) is 0. The Morgan fingerprint density at radius 3 is 0.860 bits per heavy atom. The summed E-state index contributed by atoms with van der Waals surface area (Å²) in [5.41, 5.74) is 3.81. The average Bonchev–Trinajstić information content (AvgIpc) is 2.92. The Labute approximate surface area is 287 Å². The average molecular weight is 865 g/mol. The molecule has 16 heteroatoms. The molecule has 3 radical (unpaired) electrons. The molecule has 3 aromatic carbocycles. The van der Waals surface area contributed by atoms with E-state index in [1.165, 1.54) is 16.7 Å². The van der Waals surface area contributed by atoms with Gasteiger partial charge in [-0.25, -0.2) is 0 Å². The van der Waals surface area contributed by atoms with Gasteiger partial charge < -0.3 is 14.2 Å². The Kier molecular flexibility index (Phi) is 23.0. The second kappa shape index (κ2) is 22.8. The van der Waals surface area contributed by atoms with E-state index in [1.807, 2.05) is 72.8 Å². The van der Waals surface area contributed by atoms with Crippen LogP contribution < -0.4 is 38.8 Å². The van der Waals surface area contributed by atoms with Crippen LogP contribution in [0.1, 0.15) is 16.7 Å². The molecule has 3 aromatic rings. The minimum Gasteiger partial charge on any atom is 2.00 e. The zero-order chi connectivity index (χ0) is 29.4. The topological polar surface area (TPSA) is 200 Å². The first-order valence-electron chi connectivity index (χ1n) is 11.5. The van der Waals surface area contributed by atoms with Crippen molar-refractivity contribution in [1.82, 2.24) is 0 Å². The largest absolute Gasteiger partial charge is 2.00 e. The smallest absolute Gasteiger partial charge is 2.00 e. The van der Waals surface area contributed by atoms with Crippen molar-refractivity contribution in [2.24, 2.45) is 0 Å². The minimum atomic E-state index is -5.88. The van der Waals surface area contributed by atoms with Gasteiger partial charge in [0.1, 0.15) is 17.2 Å². The Morgan fingerprint density at radius 1 is 0.442 bits per heavy atom. The van der Waals surface area contributed by atoms with Crippen molar-refractivity contribution in [3.05, 3.63) is 127 Å². The molecule has 0 aromatic heterocycles. The number of fused-ring (bicyclic) bond motifs is 3. The summed E-state index contributed by atoms with van der Waals surface area (Å²) in [5, 5.41) is 0. The number of hydrogen-bond donors (Lipinski definition) is 0. The van der Waals surface area contributed by atoms with Gasteiger partial charge in [-0.15, -0.1) is 0 Å². The molecule has 11 nitrogen and oxygen atoms in total. The summed E-state index contributed by atoms with van der Waals surface area (Å²) in [5.74, 6) is 2.97. The number of benzene rings is 3. The normalized spacial score (nSPS) is 12.5. The maximum Gasteiger partial charge on any atom is 2.00 e. The number of ether oxygens (including phenoxy) is 3. The molecule has 3 aliphatic heterocycles. The summed E-state index contributed by atoms with van der Waals surface area (Å²) in [6.45, 7) is 0. The monoisotopic (exact) mass is 863 g/mol. The zero-order valence-electron chi connectivity index (χ0n) is 21.8. The van der Waals surface area contributed by atoms with E-state index < -0.39 is 29.0 Å². The van der Waals surface area contributed by atoms with E-state index in [9.17, 15) is 0 Å². The number of rotatable bonds is 0. The van der Waals surface area contributed by atoms with Crippen LogP contribution in [0.3, 0.4) is 0 Å². The van der Waals surface area contributed by atoms with Crippen molar-refractivity contribution in [2.45, 2.75) is 19.3 Å². The van der Waals surface area contributed by atoms with E-state index in [4.69, 9.17) is 46.3 Å². The fraction of sp³-hybridized carbons (Fsp3) is 0.111. The van der Waals surface area contributed by atoms with E-state index in [1.54, 1.807) is 18.8 Å². The number of allylic oxidation sites excluding steroid dienone is 3. The van der Waals surface area contributed by atoms with Crippen molar-refractivity contribution in [3.8, 4) is 17.2 Å². The van der Waals surface area contributed by atoms with Gasteiger partial charge in [0.05, 0.1) is 18.8 Å². The standard InChI is InChI=1S/3C9H8O.2AsH3O4.3Cu/c3*1-2-6-9-8(4-1)5-3-7-10-9;2*2-1(3,4)5;;;/h3*1-4,6-7H,5H2;2*(H3,2,3,4,5);;;/q;;;;;3*+2/p-6. The molecule has 241 valence electrons. The Bertz CT molecular complexity index is 1150. The molecule has 0 bridgehead atoms. The molecule has 0 amide bonds. The van der Waals surface area contributed by atoms with Crippen LogP contribution in [0.25, 0.3) is 0 Å². The molecule has 0 spiro atoms. The van der Waals surface area contributed by atoms with Crippen molar-refractivity contribution in [1.29, 1.82) is 0 Å².